The van der Waals surface area contributed by atoms with Gasteiger partial charge in [-0.3, -0.25) is 12.2 Å². The molecule has 0 saturated carbocycles. The predicted octanol–water partition coefficient (Wildman–Crippen LogP) is 12.5. The normalized spacial score (nSPS) is 18.2. The average Bonchev–Trinajstić information content (AvgIpc) is 3.77. The van der Waals surface area contributed by atoms with Crippen LogP contribution in [0.5, 0.6) is 0 Å². The summed E-state index contributed by atoms with van der Waals surface area (Å²) in [7, 11) is 0. The molecule has 1 unspecified atom stereocenters. The SMILES string of the molecule is CC1=[C-]C(C)(C)c2cc3c(cc21)-c1cc2c(cc1C3)C(C)(C)C=C2C.CC1=[C-]C(C)C=C1c1ccccc1.[Zr+2]=[CH]c1cccc2ccccc12. The standard InChI is InChI=1S/C25H25.C13H13.C11H8.Zr/c1-14-12-24(3,4)22-8-16-7-17-9-23-19(15(2)13-25(23,5)6)11-21(17)20(16)10-18(14)22;1-10-8-11(2)13(9-10)12-6-4-3-5-7-12;1-9-5-4-7-10-6-2-3-8-11(9)10;/h8-12H,7H2,1-6H3;3-7,9-10H,1-2H3;1-8H;/q2*-1;;+2. The molecule has 0 aromatic heterocycles. The molecule has 0 heterocycles. The van der Waals surface area contributed by atoms with Gasteiger partial charge in [0.1, 0.15) is 0 Å². The van der Waals surface area contributed by atoms with Crippen LogP contribution >= 0.6 is 0 Å². The molecule has 0 bridgehead atoms. The van der Waals surface area contributed by atoms with Crippen molar-refractivity contribution < 1.29 is 24.2 Å². The van der Waals surface area contributed by atoms with E-state index in [9.17, 15) is 0 Å². The summed E-state index contributed by atoms with van der Waals surface area (Å²) >= 11 is 1.46. The number of benzene rings is 5. The first-order valence-corrected chi connectivity index (χ1v) is 19.3. The van der Waals surface area contributed by atoms with E-state index in [1.165, 1.54) is 113 Å². The second kappa shape index (κ2) is 13.3. The Hall–Kier alpha value is -3.93. The average molecular weight is 726 g/mol. The molecule has 1 atom stereocenters. The summed E-state index contributed by atoms with van der Waals surface area (Å²) in [6.07, 6.45) is 12.8. The number of hydrogen-bond acceptors (Lipinski definition) is 0. The van der Waals surface area contributed by atoms with Gasteiger partial charge in [-0.15, -0.1) is 17.2 Å². The molecule has 0 aliphatic heterocycles. The number of hydrogen-bond donors (Lipinski definition) is 0. The Bertz CT molecular complexity index is 2190. The second-order valence-electron chi connectivity index (χ2n) is 15.4. The molecule has 0 N–H and O–H groups in total. The van der Waals surface area contributed by atoms with Gasteiger partial charge in [0, 0.05) is 5.41 Å². The van der Waals surface area contributed by atoms with Crippen LogP contribution in [0.3, 0.4) is 0 Å². The molecule has 0 radical (unpaired) electrons. The molecule has 1 heteroatoms. The molecule has 5 aromatic carbocycles. The minimum atomic E-state index is 0.0340. The Labute approximate surface area is 314 Å². The molecule has 5 aromatic rings. The van der Waals surface area contributed by atoms with E-state index in [0.717, 1.165) is 6.42 Å². The van der Waals surface area contributed by atoms with Crippen LogP contribution in [0.2, 0.25) is 0 Å². The van der Waals surface area contributed by atoms with E-state index in [2.05, 4.69) is 174 Å². The Morgan fingerprint density at radius 1 is 0.700 bits per heavy atom. The first kappa shape index (κ1) is 34.5. The fourth-order valence-electron chi connectivity index (χ4n) is 8.42. The van der Waals surface area contributed by atoms with Gasteiger partial charge in [0.2, 0.25) is 0 Å². The van der Waals surface area contributed by atoms with E-state index < -0.39 is 0 Å². The van der Waals surface area contributed by atoms with E-state index in [0.29, 0.717) is 5.92 Å². The van der Waals surface area contributed by atoms with E-state index in [1.54, 1.807) is 0 Å². The third-order valence-corrected chi connectivity index (χ3v) is 11.5. The Morgan fingerprint density at radius 2 is 1.34 bits per heavy atom. The minimum absolute atomic E-state index is 0.0340. The third kappa shape index (κ3) is 6.40. The van der Waals surface area contributed by atoms with Gasteiger partial charge in [-0.1, -0.05) is 108 Å². The van der Waals surface area contributed by atoms with Gasteiger partial charge >= 0.3 is 86.7 Å². The van der Waals surface area contributed by atoms with Crippen LogP contribution in [-0.2, 0) is 41.5 Å². The van der Waals surface area contributed by atoms with Crippen molar-refractivity contribution >= 4 is 31.2 Å². The van der Waals surface area contributed by atoms with Crippen LogP contribution in [-0.4, -0.2) is 3.71 Å². The fourth-order valence-corrected chi connectivity index (χ4v) is 9.04. The van der Waals surface area contributed by atoms with E-state index in [4.69, 9.17) is 0 Å². The summed E-state index contributed by atoms with van der Waals surface area (Å²) in [6, 6.07) is 35.2. The van der Waals surface area contributed by atoms with Crippen LogP contribution in [0.1, 0.15) is 99.9 Å². The van der Waals surface area contributed by atoms with Crippen molar-refractivity contribution in [2.24, 2.45) is 5.92 Å². The Balaban J connectivity index is 0.000000132. The van der Waals surface area contributed by atoms with Crippen LogP contribution < -0.4 is 0 Å². The van der Waals surface area contributed by atoms with Gasteiger partial charge in [-0.2, -0.15) is 17.2 Å². The van der Waals surface area contributed by atoms with Crippen LogP contribution in [0.15, 0.2) is 115 Å². The summed E-state index contributed by atoms with van der Waals surface area (Å²) in [6.45, 7) is 18.0. The first-order valence-electron chi connectivity index (χ1n) is 17.9. The maximum absolute atomic E-state index is 3.65. The van der Waals surface area contributed by atoms with Gasteiger partial charge in [-0.25, -0.2) is 11.1 Å². The van der Waals surface area contributed by atoms with Gasteiger partial charge in [0.05, 0.1) is 0 Å². The number of allylic oxidation sites excluding steroid dienone is 8. The van der Waals surface area contributed by atoms with Crippen molar-refractivity contribution in [2.45, 2.75) is 72.6 Å². The topological polar surface area (TPSA) is 0 Å². The molecule has 9 rings (SSSR count). The molecular formula is C49H46Zr. The molecule has 0 nitrogen and oxygen atoms in total. The Morgan fingerprint density at radius 3 is 2.02 bits per heavy atom. The summed E-state index contributed by atoms with van der Waals surface area (Å²) in [4.78, 5) is 0. The van der Waals surface area contributed by atoms with Gasteiger partial charge < -0.3 is 0 Å². The van der Waals surface area contributed by atoms with Crippen molar-refractivity contribution in [1.29, 1.82) is 0 Å². The summed E-state index contributed by atoms with van der Waals surface area (Å²) in [5.41, 5.74) is 19.8. The number of rotatable bonds is 2. The van der Waals surface area contributed by atoms with Crippen LogP contribution in [0.25, 0.3) is 38.6 Å². The van der Waals surface area contributed by atoms with Crippen molar-refractivity contribution in [3.8, 4) is 11.1 Å². The third-order valence-electron chi connectivity index (χ3n) is 10.8. The monoisotopic (exact) mass is 724 g/mol. The van der Waals surface area contributed by atoms with E-state index in [1.807, 2.05) is 6.07 Å². The summed E-state index contributed by atoms with van der Waals surface area (Å²) in [5, 5.41) is 2.69. The van der Waals surface area contributed by atoms with Crippen molar-refractivity contribution in [2.75, 3.05) is 0 Å². The van der Waals surface area contributed by atoms with Gasteiger partial charge in [0.25, 0.3) is 0 Å². The fraction of sp³-hybridized carbons (Fsp3) is 0.245. The summed E-state index contributed by atoms with van der Waals surface area (Å²) in [5.74, 6) is 0.468. The molecule has 0 spiro atoms. The van der Waals surface area contributed by atoms with Crippen molar-refractivity contribution in [3.63, 3.8) is 0 Å². The quantitative estimate of drug-likeness (QED) is 0.156. The molecule has 0 saturated heterocycles. The van der Waals surface area contributed by atoms with Crippen molar-refractivity contribution in [1.82, 2.24) is 0 Å². The van der Waals surface area contributed by atoms with Crippen LogP contribution in [0, 0.1) is 18.1 Å². The predicted molar refractivity (Wildman–Crippen MR) is 212 cm³/mol. The number of fused-ring (bicyclic) bond motifs is 6. The second-order valence-corrected chi connectivity index (χ2v) is 16.1. The zero-order valence-electron chi connectivity index (χ0n) is 30.8. The van der Waals surface area contributed by atoms with E-state index >= 15 is 0 Å². The van der Waals surface area contributed by atoms with Crippen LogP contribution in [0.4, 0.5) is 0 Å². The van der Waals surface area contributed by atoms with Gasteiger partial charge in [-0.05, 0) is 58.4 Å². The molecule has 4 aliphatic carbocycles. The first-order chi connectivity index (χ1) is 23.9. The zero-order chi connectivity index (χ0) is 35.4. The van der Waals surface area contributed by atoms with Gasteiger partial charge in [0.15, 0.2) is 0 Å². The molecule has 0 fully saturated rings. The maximum atomic E-state index is 3.65. The molecular weight excluding hydrogens is 680 g/mol. The molecule has 50 heavy (non-hydrogen) atoms. The molecule has 246 valence electrons. The van der Waals surface area contributed by atoms with Crippen molar-refractivity contribution in [3.05, 3.63) is 171 Å². The molecule has 4 aliphatic rings. The summed E-state index contributed by atoms with van der Waals surface area (Å²) < 4.78 is 2.23. The Kier molecular flexibility index (Phi) is 9.20. The molecule has 0 amide bonds. The zero-order valence-corrected chi connectivity index (χ0v) is 33.2. The van der Waals surface area contributed by atoms with E-state index in [-0.39, 0.29) is 10.8 Å².